The lowest BCUT2D eigenvalue weighted by molar-refractivity contribution is -0.143. The van der Waals surface area contributed by atoms with Gasteiger partial charge in [-0.1, -0.05) is 18.2 Å². The quantitative estimate of drug-likeness (QED) is 0.221. The summed E-state index contributed by atoms with van der Waals surface area (Å²) in [5.74, 6) is -1.04. The number of nitrogens with one attached hydrogen (secondary N) is 3. The second kappa shape index (κ2) is 11.9. The fourth-order valence-electron chi connectivity index (χ4n) is 4.17. The molecular weight excluding hydrogens is 550 g/mol. The zero-order valence-corrected chi connectivity index (χ0v) is 20.9. The Balaban J connectivity index is 0.00000420. The number of benzene rings is 2. The first-order valence-electron chi connectivity index (χ1n) is 11.5. The van der Waals surface area contributed by atoms with Gasteiger partial charge in [0.25, 0.3) is 0 Å². The molecular formula is C26H23ClF6N4O2. The lowest BCUT2D eigenvalue weighted by Crippen LogP contribution is -2.43. The molecule has 39 heavy (non-hydrogen) atoms. The van der Waals surface area contributed by atoms with E-state index in [1.54, 1.807) is 12.3 Å². The number of para-hydroxylation sites is 1. The molecule has 4 aromatic rings. The molecule has 208 valence electrons. The number of imidazole rings is 1. The zero-order valence-electron chi connectivity index (χ0n) is 20.1. The number of amides is 1. The second-order valence-corrected chi connectivity index (χ2v) is 8.80. The number of rotatable bonds is 9. The summed E-state index contributed by atoms with van der Waals surface area (Å²) < 4.78 is 79.3. The van der Waals surface area contributed by atoms with E-state index in [1.807, 2.05) is 18.2 Å². The maximum atomic E-state index is 13.2. The number of hydrogen-bond acceptors (Lipinski definition) is 3. The number of carbonyl (C=O) groups excluding carboxylic acids is 2. The molecule has 0 aliphatic carbocycles. The minimum Gasteiger partial charge on any atom is -0.361 e. The largest absolute Gasteiger partial charge is 0.416 e. The summed E-state index contributed by atoms with van der Waals surface area (Å²) in [5.41, 5.74) is -1.22. The number of nitrogens with zero attached hydrogens (tertiary/aromatic N) is 1. The first-order chi connectivity index (χ1) is 17.9. The maximum absolute atomic E-state index is 13.2. The molecule has 0 fully saturated rings. The van der Waals surface area contributed by atoms with E-state index in [1.165, 1.54) is 12.5 Å². The lowest BCUT2D eigenvalue weighted by atomic mass is 9.95. The van der Waals surface area contributed by atoms with Gasteiger partial charge < -0.3 is 15.3 Å². The van der Waals surface area contributed by atoms with Crippen LogP contribution in [0.1, 0.15) is 34.4 Å². The van der Waals surface area contributed by atoms with Gasteiger partial charge in [-0.05, 0) is 41.8 Å². The maximum Gasteiger partial charge on any atom is 0.416 e. The van der Waals surface area contributed by atoms with Crippen molar-refractivity contribution in [2.45, 2.75) is 44.1 Å². The van der Waals surface area contributed by atoms with Crippen LogP contribution in [0, 0.1) is 0 Å². The Morgan fingerprint density at radius 1 is 0.949 bits per heavy atom. The van der Waals surface area contributed by atoms with Gasteiger partial charge in [-0.25, -0.2) is 4.98 Å². The summed E-state index contributed by atoms with van der Waals surface area (Å²) in [6.07, 6.45) is -6.18. The molecule has 6 nitrogen and oxygen atoms in total. The lowest BCUT2D eigenvalue weighted by Gasteiger charge is -2.18. The van der Waals surface area contributed by atoms with Gasteiger partial charge in [-0.15, -0.1) is 12.4 Å². The first-order valence-corrected chi connectivity index (χ1v) is 11.5. The van der Waals surface area contributed by atoms with Crippen LogP contribution >= 0.6 is 12.4 Å². The van der Waals surface area contributed by atoms with E-state index in [0.29, 0.717) is 17.8 Å². The Kier molecular flexibility index (Phi) is 9.10. The van der Waals surface area contributed by atoms with E-state index in [2.05, 4.69) is 20.3 Å². The van der Waals surface area contributed by atoms with Crippen molar-refractivity contribution >= 4 is 35.0 Å². The highest BCUT2D eigenvalue weighted by atomic mass is 35.5. The number of carbonyl (C=O) groups is 2. The topological polar surface area (TPSA) is 90.6 Å². The second-order valence-electron chi connectivity index (χ2n) is 8.80. The van der Waals surface area contributed by atoms with Crippen LogP contribution in [0.15, 0.2) is 61.2 Å². The summed E-state index contributed by atoms with van der Waals surface area (Å²) in [6.45, 7) is 0. The number of aromatic amines is 2. The van der Waals surface area contributed by atoms with E-state index < -0.39 is 41.2 Å². The van der Waals surface area contributed by atoms with Gasteiger partial charge in [0, 0.05) is 36.1 Å². The Hall–Kier alpha value is -3.80. The van der Waals surface area contributed by atoms with Crippen LogP contribution in [0.2, 0.25) is 0 Å². The molecule has 0 saturated carbocycles. The molecule has 3 N–H and O–H groups in total. The summed E-state index contributed by atoms with van der Waals surface area (Å²) in [7, 11) is 0. The number of halogens is 7. The minimum absolute atomic E-state index is 0. The number of aromatic nitrogens is 3. The number of Topliss-reactive ketones (excluding diaryl/α,β-unsaturated/α-hetero) is 1. The van der Waals surface area contributed by atoms with Gasteiger partial charge in [-0.3, -0.25) is 9.59 Å². The molecule has 1 amide bonds. The van der Waals surface area contributed by atoms with Gasteiger partial charge >= 0.3 is 12.4 Å². The van der Waals surface area contributed by atoms with Crippen LogP contribution in [0.25, 0.3) is 10.9 Å². The Morgan fingerprint density at radius 2 is 1.62 bits per heavy atom. The molecule has 0 radical (unpaired) electrons. The van der Waals surface area contributed by atoms with Gasteiger partial charge in [0.15, 0.2) is 5.78 Å². The molecule has 2 aromatic carbocycles. The number of ketones is 1. The third-order valence-corrected chi connectivity index (χ3v) is 6.03. The highest BCUT2D eigenvalue weighted by Gasteiger charge is 2.37. The van der Waals surface area contributed by atoms with Crippen molar-refractivity contribution in [2.24, 2.45) is 0 Å². The van der Waals surface area contributed by atoms with Crippen molar-refractivity contribution in [1.82, 2.24) is 20.3 Å². The summed E-state index contributed by atoms with van der Waals surface area (Å²) in [5, 5.41) is 3.47. The number of alkyl halides is 6. The van der Waals surface area contributed by atoms with E-state index in [4.69, 9.17) is 0 Å². The predicted molar refractivity (Wildman–Crippen MR) is 133 cm³/mol. The van der Waals surface area contributed by atoms with Crippen LogP contribution < -0.4 is 5.32 Å². The zero-order chi connectivity index (χ0) is 27.5. The van der Waals surface area contributed by atoms with Gasteiger partial charge in [0.1, 0.15) is 0 Å². The van der Waals surface area contributed by atoms with Crippen LogP contribution in [-0.4, -0.2) is 32.7 Å². The summed E-state index contributed by atoms with van der Waals surface area (Å²) >= 11 is 0. The SMILES string of the molecule is Cl.O=C(Cc1c[nH]cn1)NC(Cc1c[nH]c2ccccc12)C(=O)CCc1cc(C(F)(F)F)cc(C(F)(F)F)c1. The van der Waals surface area contributed by atoms with Crippen molar-refractivity contribution in [1.29, 1.82) is 0 Å². The van der Waals surface area contributed by atoms with Crippen LogP contribution in [0.3, 0.4) is 0 Å². The number of aryl methyl sites for hydroxylation is 1. The van der Waals surface area contributed by atoms with Crippen LogP contribution in [-0.2, 0) is 41.2 Å². The summed E-state index contributed by atoms with van der Waals surface area (Å²) in [4.78, 5) is 35.6. The van der Waals surface area contributed by atoms with Crippen molar-refractivity contribution in [3.63, 3.8) is 0 Å². The molecule has 4 rings (SSSR count). The van der Waals surface area contributed by atoms with Crippen LogP contribution in [0.4, 0.5) is 26.3 Å². The highest BCUT2D eigenvalue weighted by Crippen LogP contribution is 2.36. The van der Waals surface area contributed by atoms with Crippen molar-refractivity contribution in [3.05, 3.63) is 89.1 Å². The van der Waals surface area contributed by atoms with E-state index >= 15 is 0 Å². The van der Waals surface area contributed by atoms with Gasteiger partial charge in [-0.2, -0.15) is 26.3 Å². The fraction of sp³-hybridized carbons (Fsp3) is 0.269. The standard InChI is InChI=1S/C26H22F6N4O2.ClH/c27-25(28,29)17-7-15(8-18(10-17)26(30,31)32)5-6-23(37)22(36-24(38)11-19-13-33-14-35-19)9-16-12-34-21-4-2-1-3-20(16)21;/h1-4,7-8,10,12-14,22,34H,5-6,9,11H2,(H,33,35)(H,36,38);1H. The average molecular weight is 573 g/mol. The third-order valence-electron chi connectivity index (χ3n) is 6.03. The Labute approximate surface area is 224 Å². The molecule has 1 unspecified atom stereocenters. The van der Waals surface area contributed by atoms with E-state index in [0.717, 1.165) is 16.5 Å². The summed E-state index contributed by atoms with van der Waals surface area (Å²) in [6, 6.07) is 7.47. The number of hydrogen-bond donors (Lipinski definition) is 3. The molecule has 13 heteroatoms. The molecule has 2 heterocycles. The van der Waals surface area contributed by atoms with E-state index in [9.17, 15) is 35.9 Å². The third kappa shape index (κ3) is 7.62. The Bertz CT molecular complexity index is 1400. The number of H-pyrrole nitrogens is 2. The van der Waals surface area contributed by atoms with Crippen LogP contribution in [0.5, 0.6) is 0 Å². The smallest absolute Gasteiger partial charge is 0.361 e. The van der Waals surface area contributed by atoms with E-state index in [-0.39, 0.29) is 49.7 Å². The molecule has 0 aliphatic heterocycles. The highest BCUT2D eigenvalue weighted by molar-refractivity contribution is 5.91. The molecule has 0 aliphatic rings. The molecule has 0 saturated heterocycles. The Morgan fingerprint density at radius 3 is 2.23 bits per heavy atom. The van der Waals surface area contributed by atoms with Gasteiger partial charge in [0.2, 0.25) is 5.91 Å². The molecule has 1 atom stereocenters. The minimum atomic E-state index is -4.99. The van der Waals surface area contributed by atoms with Crippen molar-refractivity contribution in [2.75, 3.05) is 0 Å². The normalized spacial score (nSPS) is 12.7. The fourth-order valence-corrected chi connectivity index (χ4v) is 4.17. The van der Waals surface area contributed by atoms with Crippen molar-refractivity contribution < 1.29 is 35.9 Å². The predicted octanol–water partition coefficient (Wildman–Crippen LogP) is 5.82. The molecule has 2 aromatic heterocycles. The monoisotopic (exact) mass is 572 g/mol. The molecule has 0 spiro atoms. The first kappa shape index (κ1) is 29.8. The average Bonchev–Trinajstić information content (AvgIpc) is 3.51. The molecule has 0 bridgehead atoms. The van der Waals surface area contributed by atoms with Gasteiger partial charge in [0.05, 0.1) is 35.6 Å². The number of fused-ring (bicyclic) bond motifs is 1. The van der Waals surface area contributed by atoms with Crippen molar-refractivity contribution in [3.8, 4) is 0 Å².